The number of nitrogens with zero attached hydrogens (tertiary/aromatic N) is 3. The van der Waals surface area contributed by atoms with Crippen LogP contribution >= 0.6 is 0 Å². The molecule has 4 nitrogen and oxygen atoms in total. The van der Waals surface area contributed by atoms with Gasteiger partial charge in [-0.1, -0.05) is 12.1 Å². The topological polar surface area (TPSA) is 62.7 Å². The molecule has 4 aromatic carbocycles. The van der Waals surface area contributed by atoms with Gasteiger partial charge in [0.1, 0.15) is 0 Å². The summed E-state index contributed by atoms with van der Waals surface area (Å²) in [4.78, 5) is 9.20. The van der Waals surface area contributed by atoms with E-state index in [0.717, 1.165) is 38.9 Å². The molecule has 52 heavy (non-hydrogen) atoms. The maximum Gasteiger partial charge on any atom is 0.0160 e. The largest absolute Gasteiger partial charge is 0.305 e. The van der Waals surface area contributed by atoms with Crippen LogP contribution in [-0.4, -0.2) is 36.5 Å². The van der Waals surface area contributed by atoms with Gasteiger partial charge < -0.3 is 4.98 Å². The van der Waals surface area contributed by atoms with Gasteiger partial charge in [0.05, 0.1) is 6.07 Å². The Balaban J connectivity index is 0.000000339. The van der Waals surface area contributed by atoms with Crippen molar-refractivity contribution in [3.63, 3.8) is 0 Å². The average molecular weight is 981 g/mol. The minimum Gasteiger partial charge on any atom is -0.305 e. The molecule has 7 heteroatoms. The molecule has 1 radical (unpaired) electrons. The van der Waals surface area contributed by atoms with E-state index in [2.05, 4.69) is 109 Å². The molecule has 0 aliphatic rings. The summed E-state index contributed by atoms with van der Waals surface area (Å²) in [7, 11) is 0. The zero-order valence-electron chi connectivity index (χ0n) is 31.5. The smallest absolute Gasteiger partial charge is 0.0160 e. The normalized spacial score (nSPS) is 11.8. The van der Waals surface area contributed by atoms with Crippen LogP contribution < -0.4 is 8.79 Å². The van der Waals surface area contributed by atoms with Gasteiger partial charge in [0.2, 0.25) is 0 Å². The molecular weight excluding hydrogens is 936 g/mol. The average Bonchev–Trinajstić information content (AvgIpc) is 3.49. The Morgan fingerprint density at radius 1 is 0.712 bits per heavy atom. The third kappa shape index (κ3) is 8.70. The SMILES string of the molecule is CC(C)(C)c1cnc(-c2[c-]ccc3c2oc2cc(C#N)ccc23)cc1-c1c[c]([Ge]([CH3])([CH3])[CH3])c[c]([Ge]([CH3])([CH3])[CH3])c1.[Ir].[c-]1ccccc1-c1ccccn1. The molecule has 7 rings (SSSR count). The van der Waals surface area contributed by atoms with Crippen molar-refractivity contribution in [3.05, 3.63) is 133 Å². The van der Waals surface area contributed by atoms with Gasteiger partial charge in [0.15, 0.2) is 0 Å². The summed E-state index contributed by atoms with van der Waals surface area (Å²) < 4.78 is 9.46. The monoisotopic (exact) mass is 984 g/mol. The van der Waals surface area contributed by atoms with Crippen molar-refractivity contribution in [3.8, 4) is 39.7 Å². The van der Waals surface area contributed by atoms with Crippen molar-refractivity contribution < 1.29 is 24.5 Å². The van der Waals surface area contributed by atoms with E-state index in [1.165, 1.54) is 16.7 Å². The first-order valence-corrected chi connectivity index (χ1v) is 32.1. The summed E-state index contributed by atoms with van der Waals surface area (Å²) in [5.41, 5.74) is 9.48. The molecule has 0 fully saturated rings. The van der Waals surface area contributed by atoms with Crippen LogP contribution in [0.5, 0.6) is 0 Å². The molecule has 265 valence electrons. The van der Waals surface area contributed by atoms with E-state index in [4.69, 9.17) is 9.40 Å². The Kier molecular flexibility index (Phi) is 11.9. The van der Waals surface area contributed by atoms with Crippen LogP contribution in [0, 0.1) is 23.5 Å². The fraction of sp³-hybridized carbons (Fsp3) is 0.222. The first-order chi connectivity index (χ1) is 24.1. The molecule has 0 saturated carbocycles. The van der Waals surface area contributed by atoms with Crippen LogP contribution in [-0.2, 0) is 25.5 Å². The van der Waals surface area contributed by atoms with Crippen LogP contribution in [0.2, 0.25) is 34.5 Å². The summed E-state index contributed by atoms with van der Waals surface area (Å²) in [5.74, 6) is 14.9. The molecule has 7 aromatic rings. The van der Waals surface area contributed by atoms with Crippen molar-refractivity contribution in [1.29, 1.82) is 5.26 Å². The van der Waals surface area contributed by atoms with Gasteiger partial charge in [0, 0.05) is 26.3 Å². The van der Waals surface area contributed by atoms with Crippen molar-refractivity contribution in [2.45, 2.75) is 60.7 Å². The Labute approximate surface area is 327 Å². The van der Waals surface area contributed by atoms with E-state index in [1.54, 1.807) is 15.0 Å². The first-order valence-electron chi connectivity index (χ1n) is 17.5. The van der Waals surface area contributed by atoms with Crippen LogP contribution in [0.1, 0.15) is 31.9 Å². The summed E-state index contributed by atoms with van der Waals surface area (Å²) in [6, 6.07) is 41.7. The molecule has 0 amide bonds. The molecule has 0 unspecified atom stereocenters. The molecular formula is C45H45Ge2IrN3O-2. The number of pyridine rings is 2. The number of nitriles is 1. The quantitative estimate of drug-likeness (QED) is 0.127. The van der Waals surface area contributed by atoms with E-state index in [1.807, 2.05) is 72.8 Å². The molecule has 0 atom stereocenters. The predicted molar refractivity (Wildman–Crippen MR) is 219 cm³/mol. The van der Waals surface area contributed by atoms with Crippen molar-refractivity contribution in [2.75, 3.05) is 0 Å². The zero-order chi connectivity index (χ0) is 36.6. The number of rotatable bonds is 5. The molecule has 0 saturated heterocycles. The summed E-state index contributed by atoms with van der Waals surface area (Å²) in [6.45, 7) is 6.79. The van der Waals surface area contributed by atoms with Gasteiger partial charge in [-0.2, -0.15) is 5.26 Å². The molecule has 0 bridgehead atoms. The standard InChI is InChI=1S/C34H37Ge2N2O.C11H8N.Ir/c1-34(2,3)30-21-38-31(19-29(30)23-16-24(35(4,5)6)18-25(17-23)36(7,8)9)28-12-10-11-27-26-14-13-22(20-37)15-32(26)39-33(27)28;1-2-6-10(7-3-1)11-8-4-5-9-12-11;/h10-11,13-19,21H,1-9H3;1-6,8-9H;/q2*-1;. The molecule has 3 aromatic heterocycles. The maximum atomic E-state index is 9.37. The number of furan rings is 1. The Bertz CT molecular complexity index is 2310. The van der Waals surface area contributed by atoms with Gasteiger partial charge >= 0.3 is 228 Å². The second kappa shape index (κ2) is 15.7. The number of benzene rings is 4. The van der Waals surface area contributed by atoms with Gasteiger partial charge in [-0.05, 0) is 11.8 Å². The molecule has 0 aliphatic carbocycles. The molecule has 3 heterocycles. The van der Waals surface area contributed by atoms with Crippen LogP contribution in [0.15, 0.2) is 114 Å². The third-order valence-corrected chi connectivity index (χ3v) is 17.6. The maximum absolute atomic E-state index is 9.37. The van der Waals surface area contributed by atoms with Gasteiger partial charge in [-0.15, -0.1) is 35.9 Å². The minimum absolute atomic E-state index is 0. The van der Waals surface area contributed by atoms with Gasteiger partial charge in [0.25, 0.3) is 0 Å². The van der Waals surface area contributed by atoms with Crippen LogP contribution in [0.3, 0.4) is 0 Å². The summed E-state index contributed by atoms with van der Waals surface area (Å²) in [6.07, 6.45) is 3.84. The number of aromatic nitrogens is 2. The van der Waals surface area contributed by atoms with E-state index in [0.29, 0.717) is 11.1 Å². The first kappa shape index (κ1) is 39.4. The summed E-state index contributed by atoms with van der Waals surface area (Å²) >= 11 is -4.20. The second-order valence-electron chi connectivity index (χ2n) is 16.2. The van der Waals surface area contributed by atoms with Gasteiger partial charge in [-0.3, -0.25) is 0 Å². The van der Waals surface area contributed by atoms with Crippen molar-refractivity contribution in [2.24, 2.45) is 0 Å². The number of hydrogen-bond acceptors (Lipinski definition) is 4. The molecule has 0 spiro atoms. The minimum atomic E-state index is -2.10. The number of hydrogen-bond donors (Lipinski definition) is 0. The zero-order valence-corrected chi connectivity index (χ0v) is 38.1. The van der Waals surface area contributed by atoms with E-state index in [-0.39, 0.29) is 25.5 Å². The van der Waals surface area contributed by atoms with E-state index in [9.17, 15) is 5.26 Å². The van der Waals surface area contributed by atoms with Crippen LogP contribution in [0.25, 0.3) is 55.6 Å². The van der Waals surface area contributed by atoms with Crippen molar-refractivity contribution >= 4 is 57.3 Å². The summed E-state index contributed by atoms with van der Waals surface area (Å²) in [5, 5.41) is 11.4. The molecule has 0 N–H and O–H groups in total. The Hall–Kier alpha value is -3.79. The van der Waals surface area contributed by atoms with Crippen molar-refractivity contribution in [1.82, 2.24) is 9.97 Å². The molecule has 0 aliphatic heterocycles. The second-order valence-corrected chi connectivity index (χ2v) is 37.5. The third-order valence-electron chi connectivity index (χ3n) is 9.16. The fourth-order valence-electron chi connectivity index (χ4n) is 6.15. The number of fused-ring (bicyclic) bond motifs is 3. The Morgan fingerprint density at radius 3 is 2.02 bits per heavy atom. The fourth-order valence-corrected chi connectivity index (χ4v) is 11.7. The van der Waals surface area contributed by atoms with Gasteiger partial charge in [-0.25, -0.2) is 0 Å². The van der Waals surface area contributed by atoms with E-state index < -0.39 is 26.5 Å². The van der Waals surface area contributed by atoms with E-state index >= 15 is 0 Å². The van der Waals surface area contributed by atoms with Crippen LogP contribution in [0.4, 0.5) is 0 Å². The Morgan fingerprint density at radius 2 is 1.42 bits per heavy atom. The predicted octanol–water partition coefficient (Wildman–Crippen LogP) is 10.9.